The Morgan fingerprint density at radius 1 is 1.06 bits per heavy atom. The third-order valence-corrected chi connectivity index (χ3v) is 9.20. The summed E-state index contributed by atoms with van der Waals surface area (Å²) in [7, 11) is 0. The van der Waals surface area contributed by atoms with Gasteiger partial charge in [-0.1, -0.05) is 52.7 Å². The van der Waals surface area contributed by atoms with Gasteiger partial charge in [0, 0.05) is 41.6 Å². The molecule has 6 rings (SSSR count). The molecule has 0 amide bonds. The molecule has 0 unspecified atom stereocenters. The van der Waals surface area contributed by atoms with Gasteiger partial charge in [0.25, 0.3) is 0 Å². The number of benzene rings is 3. The molecule has 242 valence electrons. The van der Waals surface area contributed by atoms with Crippen LogP contribution in [0.5, 0.6) is 0 Å². The summed E-state index contributed by atoms with van der Waals surface area (Å²) in [6.45, 7) is 8.59. The Morgan fingerprint density at radius 3 is 2.53 bits per heavy atom. The average molecular weight is 674 g/mol. The lowest BCUT2D eigenvalue weighted by Gasteiger charge is -2.40. The number of anilines is 3. The van der Waals surface area contributed by atoms with Gasteiger partial charge in [-0.3, -0.25) is 9.88 Å². The highest BCUT2D eigenvalue weighted by molar-refractivity contribution is 6.36. The monoisotopic (exact) mass is 672 g/mol. The van der Waals surface area contributed by atoms with Crippen LogP contribution in [0.3, 0.4) is 0 Å². The van der Waals surface area contributed by atoms with E-state index in [1.165, 1.54) is 18.3 Å². The number of fused-ring (bicyclic) bond motifs is 1. The molecule has 3 heterocycles. The van der Waals surface area contributed by atoms with Crippen LogP contribution in [0, 0.1) is 17.1 Å². The molecule has 0 saturated carbocycles. The van der Waals surface area contributed by atoms with Gasteiger partial charge in [-0.2, -0.15) is 5.26 Å². The molecule has 9 nitrogen and oxygen atoms in total. The highest BCUT2D eigenvalue weighted by Gasteiger charge is 2.29. The highest BCUT2D eigenvalue weighted by Crippen LogP contribution is 2.37. The summed E-state index contributed by atoms with van der Waals surface area (Å²) < 4.78 is 15.8. The van der Waals surface area contributed by atoms with Gasteiger partial charge in [0.15, 0.2) is 0 Å². The molecular formula is C35H35Cl2FN8O. The molecule has 3 N–H and O–H groups in total. The van der Waals surface area contributed by atoms with E-state index in [1.807, 2.05) is 41.2 Å². The molecular weight excluding hydrogens is 638 g/mol. The number of halogens is 3. The number of piperidine rings is 1. The van der Waals surface area contributed by atoms with E-state index >= 15 is 0 Å². The van der Waals surface area contributed by atoms with E-state index in [1.54, 1.807) is 12.1 Å². The fourth-order valence-corrected chi connectivity index (χ4v) is 6.50. The third kappa shape index (κ3) is 7.04. The fourth-order valence-electron chi connectivity index (χ4n) is 6.05. The van der Waals surface area contributed by atoms with E-state index in [-0.39, 0.29) is 28.8 Å². The first-order valence-electron chi connectivity index (χ1n) is 15.4. The van der Waals surface area contributed by atoms with E-state index in [4.69, 9.17) is 23.2 Å². The zero-order valence-corrected chi connectivity index (χ0v) is 27.8. The van der Waals surface area contributed by atoms with Crippen LogP contribution in [0.4, 0.5) is 21.5 Å². The molecule has 1 aliphatic heterocycles. The second kappa shape index (κ2) is 13.5. The molecule has 1 atom stereocenters. The van der Waals surface area contributed by atoms with Crippen molar-refractivity contribution >= 4 is 51.2 Å². The summed E-state index contributed by atoms with van der Waals surface area (Å²) in [6.07, 6.45) is 5.38. The Bertz CT molecular complexity index is 1960. The van der Waals surface area contributed by atoms with Gasteiger partial charge in [0.05, 0.1) is 51.7 Å². The molecule has 1 saturated heterocycles. The van der Waals surface area contributed by atoms with Crippen LogP contribution >= 0.6 is 23.2 Å². The van der Waals surface area contributed by atoms with Gasteiger partial charge < -0.3 is 15.7 Å². The number of nitriles is 1. The molecule has 47 heavy (non-hydrogen) atoms. The van der Waals surface area contributed by atoms with Crippen molar-refractivity contribution in [2.75, 3.05) is 23.7 Å². The van der Waals surface area contributed by atoms with Crippen molar-refractivity contribution in [2.24, 2.45) is 0 Å². The van der Waals surface area contributed by atoms with E-state index < -0.39 is 11.9 Å². The molecule has 5 aromatic rings. The number of likely N-dealkylation sites (tertiary alicyclic amines) is 1. The second-order valence-electron chi connectivity index (χ2n) is 12.8. The maximum absolute atomic E-state index is 13.9. The molecule has 12 heteroatoms. The van der Waals surface area contributed by atoms with Gasteiger partial charge in [0.2, 0.25) is 0 Å². The molecule has 1 fully saturated rings. The van der Waals surface area contributed by atoms with E-state index in [0.29, 0.717) is 38.7 Å². The maximum atomic E-state index is 13.9. The third-order valence-electron chi connectivity index (χ3n) is 8.62. The van der Waals surface area contributed by atoms with Crippen molar-refractivity contribution in [1.29, 1.82) is 5.26 Å². The zero-order valence-electron chi connectivity index (χ0n) is 26.3. The molecule has 3 aromatic carbocycles. The Hall–Kier alpha value is -4.27. The Labute approximate surface area is 282 Å². The molecule has 2 aromatic heterocycles. The summed E-state index contributed by atoms with van der Waals surface area (Å²) in [5, 5.41) is 36.7. The van der Waals surface area contributed by atoms with Crippen molar-refractivity contribution < 1.29 is 9.50 Å². The molecule has 0 bridgehead atoms. The molecule has 1 aliphatic rings. The molecule has 0 radical (unpaired) electrons. The van der Waals surface area contributed by atoms with Crippen LogP contribution in [-0.4, -0.2) is 48.6 Å². The summed E-state index contributed by atoms with van der Waals surface area (Å²) >= 11 is 12.8. The lowest BCUT2D eigenvalue weighted by Crippen LogP contribution is -2.46. The number of aliphatic hydroxyl groups is 1. The summed E-state index contributed by atoms with van der Waals surface area (Å²) in [4.78, 5) is 6.95. The minimum atomic E-state index is -0.546. The normalized spacial score (nSPS) is 15.0. The summed E-state index contributed by atoms with van der Waals surface area (Å²) in [5.74, 6) is -0.546. The standard InChI is InChI=1S/C35H35Cl2FN8O/c1-35(2,3)45-11-9-26(10-12-45)46-19-31(43-44-46)33(22-6-4-5-21(13-22)20-47)42-25-14-27-32(41-24-7-8-30(38)28(36)15-24)23(17-39)18-40-34(27)29(37)16-25/h4-8,13-16,18-19,26,33,42,47H,9-12,20H2,1-3H3,(H,40,41)/t33-/m0/s1. The Morgan fingerprint density at radius 2 is 1.83 bits per heavy atom. The van der Waals surface area contributed by atoms with Crippen LogP contribution in [-0.2, 0) is 6.61 Å². The Kier molecular flexibility index (Phi) is 9.35. The van der Waals surface area contributed by atoms with Crippen molar-refractivity contribution in [3.05, 3.63) is 105 Å². The SMILES string of the molecule is CC(C)(C)N1CCC(n2cc([C@@H](Nc3cc(Cl)c4ncc(C#N)c(Nc5ccc(F)c(Cl)c5)c4c3)c3cccc(CO)c3)nn2)CC1. The number of hydrogen-bond acceptors (Lipinski definition) is 8. The van der Waals surface area contributed by atoms with Gasteiger partial charge in [-0.05, 0) is 75.1 Å². The topological polar surface area (TPSA) is 115 Å². The Balaban J connectivity index is 1.37. The predicted octanol–water partition coefficient (Wildman–Crippen LogP) is 8.02. The number of aromatic nitrogens is 4. The largest absolute Gasteiger partial charge is 0.392 e. The van der Waals surface area contributed by atoms with Gasteiger partial charge >= 0.3 is 0 Å². The maximum Gasteiger partial charge on any atom is 0.141 e. The van der Waals surface area contributed by atoms with Crippen LogP contribution in [0.25, 0.3) is 10.9 Å². The fraction of sp³-hybridized carbons (Fsp3) is 0.314. The van der Waals surface area contributed by atoms with Crippen molar-refractivity contribution in [2.45, 2.75) is 57.8 Å². The highest BCUT2D eigenvalue weighted by atomic mass is 35.5. The lowest BCUT2D eigenvalue weighted by molar-refractivity contribution is 0.0866. The number of rotatable bonds is 8. The number of nitrogens with one attached hydrogen (secondary N) is 2. The van der Waals surface area contributed by atoms with E-state index in [0.717, 1.165) is 37.1 Å². The van der Waals surface area contributed by atoms with E-state index in [9.17, 15) is 14.8 Å². The number of nitrogens with zero attached hydrogens (tertiary/aromatic N) is 6. The quantitative estimate of drug-likeness (QED) is 0.152. The average Bonchev–Trinajstić information content (AvgIpc) is 3.55. The first-order chi connectivity index (χ1) is 22.5. The minimum absolute atomic E-state index is 0.0481. The van der Waals surface area contributed by atoms with Crippen molar-refractivity contribution in [3.63, 3.8) is 0 Å². The smallest absolute Gasteiger partial charge is 0.141 e. The zero-order chi connectivity index (χ0) is 33.3. The first-order valence-corrected chi connectivity index (χ1v) is 16.2. The van der Waals surface area contributed by atoms with E-state index in [2.05, 4.69) is 57.7 Å². The number of aliphatic hydroxyl groups excluding tert-OH is 1. The van der Waals surface area contributed by atoms with Gasteiger partial charge in [0.1, 0.15) is 17.6 Å². The summed E-state index contributed by atoms with van der Waals surface area (Å²) in [5.41, 5.74) is 4.83. The van der Waals surface area contributed by atoms with Crippen molar-refractivity contribution in [3.8, 4) is 6.07 Å². The second-order valence-corrected chi connectivity index (χ2v) is 13.6. The van der Waals surface area contributed by atoms with Gasteiger partial charge in [-0.15, -0.1) is 5.10 Å². The number of pyridine rings is 1. The minimum Gasteiger partial charge on any atom is -0.392 e. The van der Waals surface area contributed by atoms with Crippen LogP contribution in [0.15, 0.2) is 67.0 Å². The van der Waals surface area contributed by atoms with Crippen LogP contribution in [0.2, 0.25) is 10.0 Å². The predicted molar refractivity (Wildman–Crippen MR) is 184 cm³/mol. The van der Waals surface area contributed by atoms with Crippen LogP contribution in [0.1, 0.15) is 68.1 Å². The number of hydrogen-bond donors (Lipinski definition) is 3. The van der Waals surface area contributed by atoms with Crippen molar-refractivity contribution in [1.82, 2.24) is 24.9 Å². The molecule has 0 aliphatic carbocycles. The van der Waals surface area contributed by atoms with Crippen LogP contribution < -0.4 is 10.6 Å². The van der Waals surface area contributed by atoms with Gasteiger partial charge in [-0.25, -0.2) is 9.07 Å². The lowest BCUT2D eigenvalue weighted by atomic mass is 9.98. The summed E-state index contributed by atoms with van der Waals surface area (Å²) in [6, 6.07) is 17.5. The molecule has 0 spiro atoms. The first kappa shape index (κ1) is 32.7.